The fourth-order valence-electron chi connectivity index (χ4n) is 2.89. The van der Waals surface area contributed by atoms with E-state index in [2.05, 4.69) is 11.4 Å². The lowest BCUT2D eigenvalue weighted by molar-refractivity contribution is 0.0904. The molecule has 112 valence electrons. The van der Waals surface area contributed by atoms with Crippen molar-refractivity contribution < 1.29 is 4.79 Å². The smallest absolute Gasteiger partial charge is 0.253 e. The summed E-state index contributed by atoms with van der Waals surface area (Å²) in [5.41, 5.74) is -0.0232. The van der Waals surface area contributed by atoms with E-state index in [0.29, 0.717) is 5.56 Å². The predicted molar refractivity (Wildman–Crippen MR) is 86.4 cm³/mol. The Morgan fingerprint density at radius 2 is 1.81 bits per heavy atom. The number of benzene rings is 1. The average Bonchev–Trinajstić information content (AvgIpc) is 2.50. The van der Waals surface area contributed by atoms with Crippen LogP contribution in [-0.2, 0) is 0 Å². The molecule has 0 atom stereocenters. The maximum Gasteiger partial charge on any atom is 0.253 e. The van der Waals surface area contributed by atoms with Gasteiger partial charge in [0.2, 0.25) is 0 Å². The van der Waals surface area contributed by atoms with Crippen LogP contribution in [0.1, 0.15) is 55.3 Å². The van der Waals surface area contributed by atoms with Crippen LogP contribution >= 0.6 is 11.8 Å². The second-order valence-electron chi connectivity index (χ2n) is 5.62. The van der Waals surface area contributed by atoms with Gasteiger partial charge in [0.15, 0.2) is 0 Å². The van der Waals surface area contributed by atoms with Crippen LogP contribution < -0.4 is 5.32 Å². The molecule has 1 N–H and O–H groups in total. The van der Waals surface area contributed by atoms with Crippen LogP contribution in [0.4, 0.5) is 0 Å². The Bertz CT molecular complexity index is 528. The Hall–Kier alpha value is -1.47. The predicted octanol–water partition coefficient (Wildman–Crippen LogP) is 4.14. The number of nitrogens with zero attached hydrogens (tertiary/aromatic N) is 1. The van der Waals surface area contributed by atoms with E-state index < -0.39 is 5.54 Å². The molecular weight excluding hydrogens is 280 g/mol. The Balaban J connectivity index is 2.17. The highest BCUT2D eigenvalue weighted by atomic mass is 32.2. The standard InChI is InChI=1S/C17H22N2OS/c1-21-15-10-6-5-9-14(15)16(20)19-17(13-18)11-7-3-2-4-8-12-17/h5-6,9-10H,2-4,7-8,11-12H2,1H3,(H,19,20). The fourth-order valence-corrected chi connectivity index (χ4v) is 3.49. The van der Waals surface area contributed by atoms with Gasteiger partial charge in [-0.05, 0) is 31.2 Å². The van der Waals surface area contributed by atoms with Crippen LogP contribution in [0.15, 0.2) is 29.2 Å². The first-order valence-electron chi connectivity index (χ1n) is 7.57. The van der Waals surface area contributed by atoms with Gasteiger partial charge in [0.25, 0.3) is 5.91 Å². The van der Waals surface area contributed by atoms with Crippen molar-refractivity contribution in [3.63, 3.8) is 0 Å². The number of amides is 1. The van der Waals surface area contributed by atoms with Gasteiger partial charge in [-0.3, -0.25) is 4.79 Å². The van der Waals surface area contributed by atoms with Gasteiger partial charge < -0.3 is 5.32 Å². The van der Waals surface area contributed by atoms with Crippen LogP contribution in [0.2, 0.25) is 0 Å². The molecule has 1 aromatic rings. The number of carbonyl (C=O) groups excluding carboxylic acids is 1. The van der Waals surface area contributed by atoms with Gasteiger partial charge in [0, 0.05) is 4.90 Å². The van der Waals surface area contributed by atoms with Crippen LogP contribution in [0.25, 0.3) is 0 Å². The molecule has 21 heavy (non-hydrogen) atoms. The molecule has 2 rings (SSSR count). The van der Waals surface area contributed by atoms with Gasteiger partial charge in [-0.2, -0.15) is 5.26 Å². The molecule has 0 unspecified atom stereocenters. The van der Waals surface area contributed by atoms with Crippen LogP contribution in [0, 0.1) is 11.3 Å². The summed E-state index contributed by atoms with van der Waals surface area (Å²) in [6.07, 6.45) is 9.05. The molecule has 0 radical (unpaired) electrons. The SMILES string of the molecule is CSc1ccccc1C(=O)NC1(C#N)CCCCCCC1. The van der Waals surface area contributed by atoms with Gasteiger partial charge in [-0.1, -0.05) is 44.2 Å². The van der Waals surface area contributed by atoms with E-state index in [0.717, 1.165) is 43.4 Å². The van der Waals surface area contributed by atoms with Crippen molar-refractivity contribution in [2.24, 2.45) is 0 Å². The van der Waals surface area contributed by atoms with Gasteiger partial charge >= 0.3 is 0 Å². The molecule has 0 aliphatic heterocycles. The van der Waals surface area contributed by atoms with Gasteiger partial charge in [0.05, 0.1) is 11.6 Å². The van der Waals surface area contributed by atoms with Crippen molar-refractivity contribution >= 4 is 17.7 Å². The molecule has 0 aromatic heterocycles. The summed E-state index contributed by atoms with van der Waals surface area (Å²) in [5, 5.41) is 12.6. The number of carbonyl (C=O) groups is 1. The molecule has 4 heteroatoms. The second-order valence-corrected chi connectivity index (χ2v) is 6.46. The average molecular weight is 302 g/mol. The van der Waals surface area contributed by atoms with Crippen molar-refractivity contribution in [2.45, 2.75) is 55.4 Å². The maximum atomic E-state index is 12.6. The first-order chi connectivity index (χ1) is 10.2. The molecule has 1 aliphatic carbocycles. The van der Waals surface area contributed by atoms with Crippen molar-refractivity contribution in [2.75, 3.05) is 6.26 Å². The zero-order valence-corrected chi connectivity index (χ0v) is 13.3. The van der Waals surface area contributed by atoms with Crippen LogP contribution in [-0.4, -0.2) is 17.7 Å². The zero-order chi connectivity index (χ0) is 15.1. The molecular formula is C17H22N2OS. The Labute approximate surface area is 131 Å². The van der Waals surface area contributed by atoms with Crippen LogP contribution in [0.3, 0.4) is 0 Å². The molecule has 0 saturated heterocycles. The number of rotatable bonds is 3. The first kappa shape index (κ1) is 15.9. The highest BCUT2D eigenvalue weighted by Crippen LogP contribution is 2.27. The third kappa shape index (κ3) is 4.01. The Kier molecular flexibility index (Phi) is 5.69. The molecule has 1 saturated carbocycles. The number of nitrogens with one attached hydrogen (secondary N) is 1. The molecule has 1 fully saturated rings. The lowest BCUT2D eigenvalue weighted by atomic mass is 9.85. The van der Waals surface area contributed by atoms with Crippen molar-refractivity contribution in [1.82, 2.24) is 5.32 Å². The Morgan fingerprint density at radius 3 is 2.43 bits per heavy atom. The minimum atomic E-state index is -0.691. The highest BCUT2D eigenvalue weighted by molar-refractivity contribution is 7.98. The summed E-state index contributed by atoms with van der Waals surface area (Å²) in [5.74, 6) is -0.123. The number of hydrogen-bond donors (Lipinski definition) is 1. The van der Waals surface area contributed by atoms with E-state index in [-0.39, 0.29) is 5.91 Å². The van der Waals surface area contributed by atoms with E-state index in [1.54, 1.807) is 11.8 Å². The summed E-state index contributed by atoms with van der Waals surface area (Å²) >= 11 is 1.56. The summed E-state index contributed by atoms with van der Waals surface area (Å²) in [4.78, 5) is 13.5. The van der Waals surface area contributed by atoms with Crippen molar-refractivity contribution in [3.8, 4) is 6.07 Å². The minimum Gasteiger partial charge on any atom is -0.334 e. The lowest BCUT2D eigenvalue weighted by Crippen LogP contribution is -2.47. The largest absolute Gasteiger partial charge is 0.334 e. The van der Waals surface area contributed by atoms with E-state index in [9.17, 15) is 10.1 Å². The molecule has 0 spiro atoms. The van der Waals surface area contributed by atoms with Gasteiger partial charge in [-0.25, -0.2) is 0 Å². The molecule has 1 aromatic carbocycles. The minimum absolute atomic E-state index is 0.123. The monoisotopic (exact) mass is 302 g/mol. The summed E-state index contributed by atoms with van der Waals surface area (Å²) in [6, 6.07) is 9.95. The summed E-state index contributed by atoms with van der Waals surface area (Å²) in [6.45, 7) is 0. The van der Waals surface area contributed by atoms with E-state index in [1.165, 1.54) is 6.42 Å². The van der Waals surface area contributed by atoms with Crippen LogP contribution in [0.5, 0.6) is 0 Å². The highest BCUT2D eigenvalue weighted by Gasteiger charge is 2.32. The molecule has 0 bridgehead atoms. The number of hydrogen-bond acceptors (Lipinski definition) is 3. The third-order valence-electron chi connectivity index (χ3n) is 4.13. The summed E-state index contributed by atoms with van der Waals surface area (Å²) < 4.78 is 0. The third-order valence-corrected chi connectivity index (χ3v) is 4.92. The normalized spacial score (nSPS) is 18.1. The topological polar surface area (TPSA) is 52.9 Å². The first-order valence-corrected chi connectivity index (χ1v) is 8.80. The molecule has 1 amide bonds. The molecule has 1 aliphatic rings. The van der Waals surface area contributed by atoms with E-state index >= 15 is 0 Å². The number of nitriles is 1. The maximum absolute atomic E-state index is 12.6. The quantitative estimate of drug-likeness (QED) is 0.854. The second kappa shape index (κ2) is 7.51. The van der Waals surface area contributed by atoms with Crippen molar-refractivity contribution in [1.29, 1.82) is 5.26 Å². The van der Waals surface area contributed by atoms with Gasteiger partial charge in [-0.15, -0.1) is 11.8 Å². The summed E-state index contributed by atoms with van der Waals surface area (Å²) in [7, 11) is 0. The lowest BCUT2D eigenvalue weighted by Gasteiger charge is -2.30. The van der Waals surface area contributed by atoms with E-state index in [4.69, 9.17) is 0 Å². The molecule has 0 heterocycles. The molecule has 3 nitrogen and oxygen atoms in total. The zero-order valence-electron chi connectivity index (χ0n) is 12.5. The van der Waals surface area contributed by atoms with Gasteiger partial charge in [0.1, 0.15) is 5.54 Å². The van der Waals surface area contributed by atoms with Crippen molar-refractivity contribution in [3.05, 3.63) is 29.8 Å². The Morgan fingerprint density at radius 1 is 1.19 bits per heavy atom. The fraction of sp³-hybridized carbons (Fsp3) is 0.529. The van der Waals surface area contributed by atoms with E-state index in [1.807, 2.05) is 30.5 Å². The number of thioether (sulfide) groups is 1.